The molecule has 120 valence electrons. The molecule has 1 atom stereocenters. The van der Waals surface area contributed by atoms with Gasteiger partial charge < -0.3 is 4.90 Å². The van der Waals surface area contributed by atoms with Crippen molar-refractivity contribution < 1.29 is 13.2 Å². The quantitative estimate of drug-likeness (QED) is 0.845. The van der Waals surface area contributed by atoms with Crippen molar-refractivity contribution in [2.75, 3.05) is 18.1 Å². The lowest BCUT2D eigenvalue weighted by atomic mass is 10.1. The highest BCUT2D eigenvalue weighted by molar-refractivity contribution is 7.91. The smallest absolute Gasteiger partial charge is 0.273 e. The van der Waals surface area contributed by atoms with Crippen molar-refractivity contribution in [1.82, 2.24) is 9.88 Å². The predicted octanol–water partition coefficient (Wildman–Crippen LogP) is 2.00. The van der Waals surface area contributed by atoms with Crippen LogP contribution in [0.2, 0.25) is 0 Å². The van der Waals surface area contributed by atoms with Crippen molar-refractivity contribution in [3.8, 4) is 0 Å². The second-order valence-corrected chi connectivity index (χ2v) is 7.93. The van der Waals surface area contributed by atoms with E-state index in [2.05, 4.69) is 4.98 Å². The molecular formula is C17H18N2O3S. The highest BCUT2D eigenvalue weighted by atomic mass is 32.2. The van der Waals surface area contributed by atoms with E-state index in [-0.39, 0.29) is 24.0 Å². The standard InChI is InChI=1S/C17H18N2O3S/c1-13-6-5-9-15(18-13)17(20)19-10-11-23(21,22)12-16(19)14-7-3-2-4-8-14/h2-9,16H,10-12H2,1H3/t16-/m0/s1. The van der Waals surface area contributed by atoms with E-state index in [1.54, 1.807) is 17.0 Å². The third-order valence-corrected chi connectivity index (χ3v) is 5.61. The zero-order chi connectivity index (χ0) is 16.4. The molecule has 1 amide bonds. The summed E-state index contributed by atoms with van der Waals surface area (Å²) in [5, 5.41) is 0. The zero-order valence-corrected chi connectivity index (χ0v) is 13.7. The van der Waals surface area contributed by atoms with Crippen LogP contribution in [0.5, 0.6) is 0 Å². The lowest BCUT2D eigenvalue weighted by Gasteiger charge is -2.35. The van der Waals surface area contributed by atoms with Crippen molar-refractivity contribution >= 4 is 15.7 Å². The van der Waals surface area contributed by atoms with Crippen molar-refractivity contribution in [2.45, 2.75) is 13.0 Å². The van der Waals surface area contributed by atoms with Gasteiger partial charge in [-0.2, -0.15) is 0 Å². The van der Waals surface area contributed by atoms with E-state index in [1.165, 1.54) is 0 Å². The molecule has 2 heterocycles. The molecule has 0 unspecified atom stereocenters. The Labute approximate surface area is 135 Å². The van der Waals surface area contributed by atoms with Crippen LogP contribution in [-0.4, -0.2) is 42.3 Å². The molecule has 0 saturated carbocycles. The Morgan fingerprint density at radius 1 is 1.13 bits per heavy atom. The molecule has 5 nitrogen and oxygen atoms in total. The number of hydrogen-bond donors (Lipinski definition) is 0. The molecule has 0 radical (unpaired) electrons. The number of carbonyl (C=O) groups excluding carboxylic acids is 1. The molecule has 23 heavy (non-hydrogen) atoms. The molecule has 1 fully saturated rings. The second kappa shape index (κ2) is 6.12. The van der Waals surface area contributed by atoms with Gasteiger partial charge in [0.05, 0.1) is 17.5 Å². The molecule has 0 N–H and O–H groups in total. The molecule has 0 spiro atoms. The van der Waals surface area contributed by atoms with E-state index >= 15 is 0 Å². The van der Waals surface area contributed by atoms with Gasteiger partial charge in [0.2, 0.25) is 0 Å². The minimum absolute atomic E-state index is 0.00606. The lowest BCUT2D eigenvalue weighted by molar-refractivity contribution is 0.0691. The number of carbonyl (C=O) groups is 1. The van der Waals surface area contributed by atoms with Crippen LogP contribution in [-0.2, 0) is 9.84 Å². The minimum Gasteiger partial charge on any atom is -0.328 e. The molecule has 1 saturated heterocycles. The molecule has 2 aromatic rings. The highest BCUT2D eigenvalue weighted by Gasteiger charge is 2.35. The van der Waals surface area contributed by atoms with Crippen LogP contribution in [0.1, 0.15) is 27.8 Å². The van der Waals surface area contributed by atoms with Gasteiger partial charge in [-0.15, -0.1) is 0 Å². The van der Waals surface area contributed by atoms with E-state index < -0.39 is 15.9 Å². The first-order valence-electron chi connectivity index (χ1n) is 7.46. The van der Waals surface area contributed by atoms with E-state index in [0.29, 0.717) is 5.69 Å². The predicted molar refractivity (Wildman–Crippen MR) is 87.8 cm³/mol. The number of benzene rings is 1. The van der Waals surface area contributed by atoms with Crippen LogP contribution < -0.4 is 0 Å². The average Bonchev–Trinajstić information content (AvgIpc) is 2.54. The molecular weight excluding hydrogens is 312 g/mol. The molecule has 3 rings (SSSR count). The number of hydrogen-bond acceptors (Lipinski definition) is 4. The zero-order valence-electron chi connectivity index (χ0n) is 12.8. The summed E-state index contributed by atoms with van der Waals surface area (Å²) >= 11 is 0. The van der Waals surface area contributed by atoms with Crippen LogP contribution in [0.3, 0.4) is 0 Å². The molecule has 1 aliphatic heterocycles. The first-order valence-corrected chi connectivity index (χ1v) is 9.28. The summed E-state index contributed by atoms with van der Waals surface area (Å²) in [6.45, 7) is 2.02. The van der Waals surface area contributed by atoms with Gasteiger partial charge in [-0.3, -0.25) is 4.79 Å². The number of nitrogens with zero attached hydrogens (tertiary/aromatic N) is 2. The fourth-order valence-electron chi connectivity index (χ4n) is 2.81. The molecule has 6 heteroatoms. The summed E-state index contributed by atoms with van der Waals surface area (Å²) in [5.74, 6) is -0.278. The van der Waals surface area contributed by atoms with Crippen molar-refractivity contribution in [3.63, 3.8) is 0 Å². The SMILES string of the molecule is Cc1cccc(C(=O)N2CCS(=O)(=O)C[C@H]2c2ccccc2)n1. The Morgan fingerprint density at radius 3 is 2.57 bits per heavy atom. The Balaban J connectivity index is 1.97. The largest absolute Gasteiger partial charge is 0.328 e. The Morgan fingerprint density at radius 2 is 1.87 bits per heavy atom. The van der Waals surface area contributed by atoms with Crippen molar-refractivity contribution in [1.29, 1.82) is 0 Å². The topological polar surface area (TPSA) is 67.3 Å². The Hall–Kier alpha value is -2.21. The molecule has 0 aliphatic carbocycles. The van der Waals surface area contributed by atoms with Gasteiger partial charge >= 0.3 is 0 Å². The van der Waals surface area contributed by atoms with Gasteiger partial charge in [0.1, 0.15) is 5.69 Å². The average molecular weight is 330 g/mol. The van der Waals surface area contributed by atoms with Crippen LogP contribution in [0, 0.1) is 6.92 Å². The van der Waals surface area contributed by atoms with E-state index in [4.69, 9.17) is 0 Å². The number of sulfone groups is 1. The summed E-state index contributed by atoms with van der Waals surface area (Å²) in [7, 11) is -3.15. The summed E-state index contributed by atoms with van der Waals surface area (Å²) in [4.78, 5) is 18.7. The summed E-state index contributed by atoms with van der Waals surface area (Å²) < 4.78 is 24.1. The lowest BCUT2D eigenvalue weighted by Crippen LogP contribution is -2.46. The van der Waals surface area contributed by atoms with Gasteiger partial charge in [-0.25, -0.2) is 13.4 Å². The van der Waals surface area contributed by atoms with Gasteiger partial charge in [0.25, 0.3) is 5.91 Å². The van der Waals surface area contributed by atoms with Crippen LogP contribution in [0.4, 0.5) is 0 Å². The highest BCUT2D eigenvalue weighted by Crippen LogP contribution is 2.28. The van der Waals surface area contributed by atoms with E-state index in [1.807, 2.05) is 43.3 Å². The Kier molecular flexibility index (Phi) is 4.17. The molecule has 1 aliphatic rings. The fraction of sp³-hybridized carbons (Fsp3) is 0.294. The minimum atomic E-state index is -3.15. The number of aryl methyl sites for hydroxylation is 1. The summed E-state index contributed by atoms with van der Waals surface area (Å²) in [6, 6.07) is 14.1. The molecule has 1 aromatic carbocycles. The number of aromatic nitrogens is 1. The number of amides is 1. The monoisotopic (exact) mass is 330 g/mol. The maximum Gasteiger partial charge on any atom is 0.273 e. The maximum atomic E-state index is 12.8. The first-order chi connectivity index (χ1) is 11.0. The fourth-order valence-corrected chi connectivity index (χ4v) is 4.31. The summed E-state index contributed by atoms with van der Waals surface area (Å²) in [6.07, 6.45) is 0. The molecule has 1 aromatic heterocycles. The van der Waals surface area contributed by atoms with Crippen molar-refractivity contribution in [3.05, 3.63) is 65.5 Å². The first kappa shape index (κ1) is 15.7. The number of pyridine rings is 1. The van der Waals surface area contributed by atoms with Gasteiger partial charge in [-0.1, -0.05) is 36.4 Å². The van der Waals surface area contributed by atoms with Crippen molar-refractivity contribution in [2.24, 2.45) is 0 Å². The van der Waals surface area contributed by atoms with E-state index in [0.717, 1.165) is 11.3 Å². The summed E-state index contributed by atoms with van der Waals surface area (Å²) in [5.41, 5.74) is 1.94. The van der Waals surface area contributed by atoms with Gasteiger partial charge in [-0.05, 0) is 24.6 Å². The van der Waals surface area contributed by atoms with Crippen LogP contribution in [0.15, 0.2) is 48.5 Å². The normalized spacial score (nSPS) is 20.2. The van der Waals surface area contributed by atoms with E-state index in [9.17, 15) is 13.2 Å². The third kappa shape index (κ3) is 3.42. The number of rotatable bonds is 2. The maximum absolute atomic E-state index is 12.8. The van der Waals surface area contributed by atoms with Gasteiger partial charge in [0.15, 0.2) is 9.84 Å². The van der Waals surface area contributed by atoms with Gasteiger partial charge in [0, 0.05) is 12.2 Å². The molecule has 0 bridgehead atoms. The second-order valence-electron chi connectivity index (χ2n) is 5.70. The Bertz CT molecular complexity index is 819. The van der Waals surface area contributed by atoms with Crippen LogP contribution >= 0.6 is 0 Å². The third-order valence-electron chi connectivity index (χ3n) is 3.98. The van der Waals surface area contributed by atoms with Crippen LogP contribution in [0.25, 0.3) is 0 Å².